The van der Waals surface area contributed by atoms with Gasteiger partial charge >= 0.3 is 0 Å². The zero-order valence-electron chi connectivity index (χ0n) is 18.8. The van der Waals surface area contributed by atoms with Gasteiger partial charge in [-0.05, 0) is 56.5 Å². The number of benzene rings is 2. The van der Waals surface area contributed by atoms with Gasteiger partial charge in [0.05, 0.1) is 10.9 Å². The van der Waals surface area contributed by atoms with Crippen LogP contribution in [0, 0.1) is 4.77 Å². The molecule has 174 valence electrons. The van der Waals surface area contributed by atoms with Crippen molar-refractivity contribution in [1.82, 2.24) is 14.9 Å². The third-order valence-electron chi connectivity index (χ3n) is 5.88. The third kappa shape index (κ3) is 5.82. The number of hydrogen-bond acceptors (Lipinski definition) is 5. The van der Waals surface area contributed by atoms with Gasteiger partial charge in [-0.25, -0.2) is 0 Å². The van der Waals surface area contributed by atoms with Crippen molar-refractivity contribution in [1.29, 1.82) is 0 Å². The Labute approximate surface area is 197 Å². The number of fused-ring (bicyclic) bond motifs is 2. The maximum atomic E-state index is 12.9. The summed E-state index contributed by atoms with van der Waals surface area (Å²) in [6, 6.07) is 13.9. The van der Waals surface area contributed by atoms with E-state index in [2.05, 4.69) is 22.4 Å². The van der Waals surface area contributed by atoms with Crippen LogP contribution in [0.1, 0.15) is 44.6 Å². The van der Waals surface area contributed by atoms with E-state index in [0.717, 1.165) is 32.1 Å². The van der Waals surface area contributed by atoms with Crippen LogP contribution >= 0.6 is 12.2 Å². The van der Waals surface area contributed by atoms with Gasteiger partial charge in [-0.2, -0.15) is 0 Å². The molecule has 0 unspecified atom stereocenters. The van der Waals surface area contributed by atoms with Crippen LogP contribution in [-0.2, 0) is 17.8 Å². The van der Waals surface area contributed by atoms with E-state index >= 15 is 0 Å². The Kier molecular flexibility index (Phi) is 7.44. The van der Waals surface area contributed by atoms with Gasteiger partial charge in [-0.1, -0.05) is 36.8 Å². The van der Waals surface area contributed by atoms with Crippen LogP contribution in [0.15, 0.2) is 47.3 Å². The van der Waals surface area contributed by atoms with Crippen molar-refractivity contribution < 1.29 is 14.3 Å². The number of aromatic amines is 1. The number of carbonyl (C=O) groups is 1. The highest BCUT2D eigenvalue weighted by molar-refractivity contribution is 7.71. The lowest BCUT2D eigenvalue weighted by atomic mass is 10.1. The number of carbonyl (C=O) groups excluding carboxylic acids is 1. The molecule has 3 aromatic rings. The number of nitrogens with one attached hydrogen (secondary N) is 2. The number of rotatable bonds is 10. The predicted octanol–water partition coefficient (Wildman–Crippen LogP) is 4.49. The van der Waals surface area contributed by atoms with Gasteiger partial charge in [0.2, 0.25) is 12.7 Å². The fraction of sp³-hybridized carbons (Fsp3) is 0.400. The monoisotopic (exact) mass is 467 g/mol. The summed E-state index contributed by atoms with van der Waals surface area (Å²) < 4.78 is 12.7. The SMILES string of the molecule is C[C@@H](CCc1ccccc1)NC(=O)CCCCCn1c(=S)[nH]c2cc3c(cc2c1=O)OCO3. The molecule has 0 radical (unpaired) electrons. The maximum absolute atomic E-state index is 12.9. The Morgan fingerprint density at radius 1 is 1.15 bits per heavy atom. The summed E-state index contributed by atoms with van der Waals surface area (Å²) in [5, 5.41) is 3.60. The Balaban J connectivity index is 1.22. The molecule has 2 N–H and O–H groups in total. The molecule has 1 aromatic heterocycles. The number of nitrogens with zero attached hydrogens (tertiary/aromatic N) is 1. The number of aromatic nitrogens is 2. The number of H-pyrrole nitrogens is 1. The fourth-order valence-electron chi connectivity index (χ4n) is 4.02. The second kappa shape index (κ2) is 10.7. The van der Waals surface area contributed by atoms with Crippen LogP contribution in [0.3, 0.4) is 0 Å². The van der Waals surface area contributed by atoms with Gasteiger partial charge in [-0.15, -0.1) is 0 Å². The highest BCUT2D eigenvalue weighted by atomic mass is 32.1. The average Bonchev–Trinajstić information content (AvgIpc) is 3.26. The second-order valence-corrected chi connectivity index (χ2v) is 8.83. The number of ether oxygens (including phenoxy) is 2. The largest absolute Gasteiger partial charge is 0.454 e. The van der Waals surface area contributed by atoms with Crippen molar-refractivity contribution in [2.75, 3.05) is 6.79 Å². The van der Waals surface area contributed by atoms with Crippen molar-refractivity contribution >= 4 is 29.0 Å². The smallest absolute Gasteiger partial charge is 0.262 e. The first-order chi connectivity index (χ1) is 16.0. The first kappa shape index (κ1) is 23.0. The summed E-state index contributed by atoms with van der Waals surface area (Å²) in [7, 11) is 0. The van der Waals surface area contributed by atoms with Crippen molar-refractivity contribution in [3.05, 3.63) is 63.2 Å². The highest BCUT2D eigenvalue weighted by Gasteiger charge is 2.17. The van der Waals surface area contributed by atoms with E-state index in [4.69, 9.17) is 21.7 Å². The lowest BCUT2D eigenvalue weighted by Crippen LogP contribution is -2.32. The molecular formula is C25H29N3O4S. The molecule has 1 aliphatic rings. The van der Waals surface area contributed by atoms with Gasteiger partial charge in [0.25, 0.3) is 5.56 Å². The first-order valence-electron chi connectivity index (χ1n) is 11.4. The summed E-state index contributed by atoms with van der Waals surface area (Å²) in [5.74, 6) is 1.26. The fourth-order valence-corrected chi connectivity index (χ4v) is 4.31. The van der Waals surface area contributed by atoms with Crippen LogP contribution in [0.25, 0.3) is 10.9 Å². The molecular weight excluding hydrogens is 438 g/mol. The van der Waals surface area contributed by atoms with Crippen LogP contribution in [0.2, 0.25) is 0 Å². The summed E-state index contributed by atoms with van der Waals surface area (Å²) >= 11 is 5.39. The number of aryl methyl sites for hydroxylation is 1. The third-order valence-corrected chi connectivity index (χ3v) is 6.20. The lowest BCUT2D eigenvalue weighted by molar-refractivity contribution is -0.121. The summed E-state index contributed by atoms with van der Waals surface area (Å²) in [6.07, 6.45) is 4.73. The van der Waals surface area contributed by atoms with Crippen molar-refractivity contribution in [2.45, 2.75) is 58.0 Å². The van der Waals surface area contributed by atoms with Crippen molar-refractivity contribution in [2.24, 2.45) is 0 Å². The Bertz CT molecular complexity index is 1240. The Hall–Kier alpha value is -3.13. The minimum absolute atomic E-state index is 0.0757. The molecule has 33 heavy (non-hydrogen) atoms. The minimum atomic E-state index is -0.142. The molecule has 2 heterocycles. The van der Waals surface area contributed by atoms with Gasteiger partial charge in [0.15, 0.2) is 16.3 Å². The molecule has 4 rings (SSSR count). The van der Waals surface area contributed by atoms with Gasteiger partial charge in [-0.3, -0.25) is 14.2 Å². The van der Waals surface area contributed by atoms with Crippen LogP contribution < -0.4 is 20.3 Å². The maximum Gasteiger partial charge on any atom is 0.262 e. The molecule has 0 spiro atoms. The molecule has 8 heteroatoms. The normalized spacial score (nSPS) is 13.2. The van der Waals surface area contributed by atoms with Gasteiger partial charge < -0.3 is 19.8 Å². The molecule has 0 fully saturated rings. The molecule has 1 aliphatic heterocycles. The van der Waals surface area contributed by atoms with Gasteiger partial charge in [0, 0.05) is 25.1 Å². The summed E-state index contributed by atoms with van der Waals surface area (Å²) in [4.78, 5) is 28.3. The van der Waals surface area contributed by atoms with Crippen LogP contribution in [0.5, 0.6) is 11.5 Å². The summed E-state index contributed by atoms with van der Waals surface area (Å²) in [6.45, 7) is 2.70. The molecule has 2 aromatic carbocycles. The lowest BCUT2D eigenvalue weighted by Gasteiger charge is -2.14. The second-order valence-electron chi connectivity index (χ2n) is 8.44. The molecule has 0 aliphatic carbocycles. The standard InChI is InChI=1S/C25H29N3O4S/c1-17(11-12-18-8-4-2-5-9-18)26-23(29)10-6-3-7-13-28-24(30)19-14-21-22(32-16-31-21)15-20(19)27-25(28)33/h2,4-5,8-9,14-15,17H,3,6-7,10-13,16H2,1H3,(H,26,29)(H,27,33)/t17-/m0/s1. The van der Waals surface area contributed by atoms with E-state index in [1.807, 2.05) is 25.1 Å². The van der Waals surface area contributed by atoms with E-state index in [-0.39, 0.29) is 24.3 Å². The van der Waals surface area contributed by atoms with E-state index < -0.39 is 0 Å². The molecule has 0 bridgehead atoms. The number of amides is 1. The first-order valence-corrected chi connectivity index (χ1v) is 11.8. The molecule has 1 amide bonds. The number of unbranched alkanes of at least 4 members (excludes halogenated alkanes) is 2. The Morgan fingerprint density at radius 3 is 2.70 bits per heavy atom. The predicted molar refractivity (Wildman–Crippen MR) is 130 cm³/mol. The molecule has 0 saturated heterocycles. The van der Waals surface area contributed by atoms with Crippen molar-refractivity contribution in [3.63, 3.8) is 0 Å². The topological polar surface area (TPSA) is 85.4 Å². The quantitative estimate of drug-likeness (QED) is 0.339. The van der Waals surface area contributed by atoms with E-state index in [0.29, 0.717) is 40.1 Å². The molecule has 7 nitrogen and oxygen atoms in total. The van der Waals surface area contributed by atoms with E-state index in [9.17, 15) is 9.59 Å². The highest BCUT2D eigenvalue weighted by Crippen LogP contribution is 2.34. The van der Waals surface area contributed by atoms with Crippen molar-refractivity contribution in [3.8, 4) is 11.5 Å². The van der Waals surface area contributed by atoms with Crippen LogP contribution in [-0.4, -0.2) is 28.3 Å². The van der Waals surface area contributed by atoms with E-state index in [1.54, 1.807) is 16.7 Å². The minimum Gasteiger partial charge on any atom is -0.454 e. The van der Waals surface area contributed by atoms with Gasteiger partial charge in [0.1, 0.15) is 0 Å². The molecule has 1 atom stereocenters. The van der Waals surface area contributed by atoms with E-state index in [1.165, 1.54) is 5.56 Å². The zero-order chi connectivity index (χ0) is 23.2. The van der Waals surface area contributed by atoms with Crippen LogP contribution in [0.4, 0.5) is 0 Å². The summed E-state index contributed by atoms with van der Waals surface area (Å²) in [5.41, 5.74) is 1.78. The average molecular weight is 468 g/mol. The Morgan fingerprint density at radius 2 is 1.91 bits per heavy atom. The zero-order valence-corrected chi connectivity index (χ0v) is 19.6. The molecule has 0 saturated carbocycles. The number of hydrogen-bond donors (Lipinski definition) is 2.